The topological polar surface area (TPSA) is 38.8 Å². The van der Waals surface area contributed by atoms with Gasteiger partial charge in [0.2, 0.25) is 0 Å². The van der Waals surface area contributed by atoms with E-state index in [1.807, 2.05) is 20.8 Å². The van der Waals surface area contributed by atoms with Crippen LogP contribution in [-0.4, -0.2) is 35.8 Å². The summed E-state index contributed by atoms with van der Waals surface area (Å²) >= 11 is 0. The van der Waals surface area contributed by atoms with E-state index in [1.54, 1.807) is 29.2 Å². The van der Waals surface area contributed by atoms with E-state index >= 15 is 0 Å². The van der Waals surface area contributed by atoms with E-state index < -0.39 is 12.3 Å². The molecule has 0 spiro atoms. The Morgan fingerprint density at radius 3 is 2.57 bits per heavy atom. The maximum Gasteiger partial charge on any atom is 0.410 e. The fourth-order valence-corrected chi connectivity index (χ4v) is 2.17. The Hall–Kier alpha value is -1.78. The van der Waals surface area contributed by atoms with E-state index in [2.05, 4.69) is 0 Å². The summed E-state index contributed by atoms with van der Waals surface area (Å²) in [5.74, 6) is 0.697. The predicted octanol–water partition coefficient (Wildman–Crippen LogP) is 3.54. The summed E-state index contributed by atoms with van der Waals surface area (Å²) in [5, 5.41) is 0. The normalized spacial score (nSPS) is 18.7. The molecule has 1 aromatic rings. The standard InChI is InChI=1S/C16H22FNO3/c1-16(2,3)21-15(19)18-9-8-14(11-18)20-13-6-4-12(10-17)5-7-13/h4-7,14H,8-11H2,1-3H3. The van der Waals surface area contributed by atoms with Gasteiger partial charge in [-0.1, -0.05) is 12.1 Å². The molecule has 5 heteroatoms. The molecule has 0 aliphatic carbocycles. The van der Waals surface area contributed by atoms with Crippen LogP contribution in [0.2, 0.25) is 0 Å². The van der Waals surface area contributed by atoms with Crippen molar-refractivity contribution in [2.75, 3.05) is 13.1 Å². The minimum absolute atomic E-state index is 0.0475. The number of rotatable bonds is 3. The smallest absolute Gasteiger partial charge is 0.410 e. The molecule has 4 nitrogen and oxygen atoms in total. The summed E-state index contributed by atoms with van der Waals surface area (Å²) in [6, 6.07) is 6.92. The number of ether oxygens (including phenoxy) is 2. The molecule has 116 valence electrons. The molecule has 1 aliphatic heterocycles. The van der Waals surface area contributed by atoms with Crippen molar-refractivity contribution in [2.45, 2.75) is 45.6 Å². The summed E-state index contributed by atoms with van der Waals surface area (Å²) in [7, 11) is 0. The van der Waals surface area contributed by atoms with Gasteiger partial charge in [-0.05, 0) is 38.5 Å². The van der Waals surface area contributed by atoms with Gasteiger partial charge in [0.05, 0.1) is 6.54 Å². The number of carbonyl (C=O) groups excluding carboxylic acids is 1. The average Bonchev–Trinajstić information content (AvgIpc) is 2.86. The van der Waals surface area contributed by atoms with Gasteiger partial charge in [-0.25, -0.2) is 9.18 Å². The number of likely N-dealkylation sites (tertiary alicyclic amines) is 1. The van der Waals surface area contributed by atoms with Crippen molar-refractivity contribution < 1.29 is 18.7 Å². The lowest BCUT2D eigenvalue weighted by Gasteiger charge is -2.24. The third kappa shape index (κ3) is 4.62. The van der Waals surface area contributed by atoms with Gasteiger partial charge in [0.25, 0.3) is 0 Å². The van der Waals surface area contributed by atoms with Crippen molar-refractivity contribution in [3.8, 4) is 5.75 Å². The van der Waals surface area contributed by atoms with Crippen molar-refractivity contribution in [1.82, 2.24) is 4.90 Å². The van der Waals surface area contributed by atoms with Gasteiger partial charge >= 0.3 is 6.09 Å². The molecule has 1 fully saturated rings. The quantitative estimate of drug-likeness (QED) is 0.856. The first-order valence-corrected chi connectivity index (χ1v) is 7.17. The van der Waals surface area contributed by atoms with Crippen molar-refractivity contribution >= 4 is 6.09 Å². The summed E-state index contributed by atoms with van der Waals surface area (Å²) in [6.07, 6.45) is 0.416. The van der Waals surface area contributed by atoms with Crippen molar-refractivity contribution in [3.05, 3.63) is 29.8 Å². The zero-order chi connectivity index (χ0) is 15.5. The third-order valence-corrected chi connectivity index (χ3v) is 3.18. The number of hydrogen-bond acceptors (Lipinski definition) is 3. The number of nitrogens with zero attached hydrogens (tertiary/aromatic N) is 1. The molecule has 1 heterocycles. The predicted molar refractivity (Wildman–Crippen MR) is 78.1 cm³/mol. The summed E-state index contributed by atoms with van der Waals surface area (Å²) in [6.45, 7) is 6.21. The number of hydrogen-bond donors (Lipinski definition) is 0. The molecule has 1 saturated heterocycles. The SMILES string of the molecule is CC(C)(C)OC(=O)N1CCC(Oc2ccc(CF)cc2)C1. The van der Waals surface area contributed by atoms with Crippen LogP contribution in [0.15, 0.2) is 24.3 Å². The first kappa shape index (κ1) is 15.6. The Morgan fingerprint density at radius 2 is 2.00 bits per heavy atom. The Morgan fingerprint density at radius 1 is 1.33 bits per heavy atom. The van der Waals surface area contributed by atoms with Gasteiger partial charge in [0.15, 0.2) is 0 Å². The Kier molecular flexibility index (Phi) is 4.70. The number of carbonyl (C=O) groups is 1. The largest absolute Gasteiger partial charge is 0.489 e. The summed E-state index contributed by atoms with van der Waals surface area (Å²) in [4.78, 5) is 13.6. The van der Waals surface area contributed by atoms with Crippen LogP contribution in [0.5, 0.6) is 5.75 Å². The van der Waals surface area contributed by atoms with E-state index in [-0.39, 0.29) is 12.2 Å². The fraction of sp³-hybridized carbons (Fsp3) is 0.562. The highest BCUT2D eigenvalue weighted by Gasteiger charge is 2.30. The Labute approximate surface area is 124 Å². The lowest BCUT2D eigenvalue weighted by Crippen LogP contribution is -2.36. The molecule has 0 saturated carbocycles. The Bertz CT molecular complexity index is 481. The number of amides is 1. The minimum Gasteiger partial charge on any atom is -0.489 e. The second-order valence-corrected chi connectivity index (χ2v) is 6.23. The third-order valence-electron chi connectivity index (χ3n) is 3.18. The first-order chi connectivity index (χ1) is 9.87. The fourth-order valence-electron chi connectivity index (χ4n) is 2.17. The second-order valence-electron chi connectivity index (χ2n) is 6.23. The number of benzene rings is 1. The van der Waals surface area contributed by atoms with Crippen LogP contribution < -0.4 is 4.74 Å². The molecule has 1 unspecified atom stereocenters. The van der Waals surface area contributed by atoms with Gasteiger partial charge in [-0.15, -0.1) is 0 Å². The van der Waals surface area contributed by atoms with E-state index in [4.69, 9.17) is 9.47 Å². The lowest BCUT2D eigenvalue weighted by atomic mass is 10.2. The van der Waals surface area contributed by atoms with E-state index in [9.17, 15) is 9.18 Å². The number of alkyl halides is 1. The summed E-state index contributed by atoms with van der Waals surface area (Å²) in [5.41, 5.74) is 0.141. The zero-order valence-corrected chi connectivity index (χ0v) is 12.8. The molecule has 1 aliphatic rings. The highest BCUT2D eigenvalue weighted by Crippen LogP contribution is 2.21. The maximum absolute atomic E-state index is 12.4. The molecule has 0 aromatic heterocycles. The molecule has 1 aromatic carbocycles. The molecule has 0 radical (unpaired) electrons. The van der Waals surface area contributed by atoms with Crippen molar-refractivity contribution in [1.29, 1.82) is 0 Å². The monoisotopic (exact) mass is 295 g/mol. The number of halogens is 1. The molecular weight excluding hydrogens is 273 g/mol. The highest BCUT2D eigenvalue weighted by atomic mass is 19.1. The molecule has 1 amide bonds. The van der Waals surface area contributed by atoms with Crippen LogP contribution in [0, 0.1) is 0 Å². The van der Waals surface area contributed by atoms with Crippen LogP contribution in [0.3, 0.4) is 0 Å². The van der Waals surface area contributed by atoms with E-state index in [0.717, 1.165) is 6.42 Å². The first-order valence-electron chi connectivity index (χ1n) is 7.17. The average molecular weight is 295 g/mol. The van der Waals surface area contributed by atoms with Crippen LogP contribution in [0.1, 0.15) is 32.8 Å². The highest BCUT2D eigenvalue weighted by molar-refractivity contribution is 5.68. The van der Waals surface area contributed by atoms with Gasteiger partial charge in [0.1, 0.15) is 24.1 Å². The molecule has 1 atom stereocenters. The maximum atomic E-state index is 12.4. The molecule has 0 N–H and O–H groups in total. The van der Waals surface area contributed by atoms with Crippen LogP contribution >= 0.6 is 0 Å². The van der Waals surface area contributed by atoms with Crippen LogP contribution in [0.4, 0.5) is 9.18 Å². The minimum atomic E-state index is -0.488. The second kappa shape index (κ2) is 6.33. The molecular formula is C16H22FNO3. The van der Waals surface area contributed by atoms with Gasteiger partial charge in [-0.2, -0.15) is 0 Å². The van der Waals surface area contributed by atoms with E-state index in [0.29, 0.717) is 24.4 Å². The molecule has 2 rings (SSSR count). The van der Waals surface area contributed by atoms with Crippen LogP contribution in [-0.2, 0) is 11.4 Å². The molecule has 0 bridgehead atoms. The molecule has 21 heavy (non-hydrogen) atoms. The van der Waals surface area contributed by atoms with E-state index in [1.165, 1.54) is 0 Å². The van der Waals surface area contributed by atoms with Gasteiger partial charge in [0, 0.05) is 13.0 Å². The Balaban J connectivity index is 1.86. The summed E-state index contributed by atoms with van der Waals surface area (Å²) < 4.78 is 23.6. The van der Waals surface area contributed by atoms with Crippen molar-refractivity contribution in [3.63, 3.8) is 0 Å². The lowest BCUT2D eigenvalue weighted by molar-refractivity contribution is 0.0275. The van der Waals surface area contributed by atoms with Crippen molar-refractivity contribution in [2.24, 2.45) is 0 Å². The van der Waals surface area contributed by atoms with Crippen LogP contribution in [0.25, 0.3) is 0 Å². The van der Waals surface area contributed by atoms with Gasteiger partial charge in [-0.3, -0.25) is 0 Å². The van der Waals surface area contributed by atoms with Gasteiger partial charge < -0.3 is 14.4 Å². The zero-order valence-electron chi connectivity index (χ0n) is 12.8.